The number of hydrogen-bond acceptors (Lipinski definition) is 8. The summed E-state index contributed by atoms with van der Waals surface area (Å²) in [4.78, 5) is 34.3. The van der Waals surface area contributed by atoms with Crippen molar-refractivity contribution in [2.75, 3.05) is 25.6 Å². The number of nitrogens with zero attached hydrogens (tertiary/aromatic N) is 4. The van der Waals surface area contributed by atoms with Gasteiger partial charge < -0.3 is 20.1 Å². The maximum absolute atomic E-state index is 13.9. The van der Waals surface area contributed by atoms with Gasteiger partial charge in [0.1, 0.15) is 16.9 Å². The van der Waals surface area contributed by atoms with Gasteiger partial charge in [-0.25, -0.2) is 14.8 Å². The lowest BCUT2D eigenvalue weighted by Crippen LogP contribution is -2.37. The predicted molar refractivity (Wildman–Crippen MR) is 183 cm³/mol. The van der Waals surface area contributed by atoms with Crippen LogP contribution in [0.3, 0.4) is 0 Å². The van der Waals surface area contributed by atoms with Crippen molar-refractivity contribution in [2.24, 2.45) is 14.1 Å². The highest BCUT2D eigenvalue weighted by Gasteiger charge is 2.34. The second kappa shape index (κ2) is 13.7. The number of halogens is 4. The number of nitrogens with one attached hydrogen (secondary N) is 2. The minimum absolute atomic E-state index is 0.158. The van der Waals surface area contributed by atoms with Crippen LogP contribution in [0.1, 0.15) is 29.7 Å². The zero-order valence-corrected chi connectivity index (χ0v) is 28.0. The SMILES string of the molecule is COc1nc(-c2cccc(-c3cccc(Nc4nc(C(F)(F)F)cc5c4c(=O)n(C)c(=O)n5C)c3C)c2Cl)ccc1CNC1CCOCC1. The van der Waals surface area contributed by atoms with Crippen LogP contribution in [-0.4, -0.2) is 45.5 Å². The lowest BCUT2D eigenvalue weighted by atomic mass is 9.96. The molecule has 5 aromatic rings. The predicted octanol–water partition coefficient (Wildman–Crippen LogP) is 6.36. The van der Waals surface area contributed by atoms with Gasteiger partial charge in [0.2, 0.25) is 5.88 Å². The van der Waals surface area contributed by atoms with Gasteiger partial charge in [-0.05, 0) is 49.1 Å². The summed E-state index contributed by atoms with van der Waals surface area (Å²) in [5, 5.41) is 6.75. The van der Waals surface area contributed by atoms with E-state index in [-0.39, 0.29) is 16.7 Å². The number of aryl methyl sites for hydroxylation is 1. The topological polar surface area (TPSA) is 112 Å². The summed E-state index contributed by atoms with van der Waals surface area (Å²) >= 11 is 7.04. The van der Waals surface area contributed by atoms with E-state index in [1.165, 1.54) is 14.1 Å². The molecule has 3 aromatic heterocycles. The molecule has 49 heavy (non-hydrogen) atoms. The third kappa shape index (κ3) is 6.65. The first-order valence-corrected chi connectivity index (χ1v) is 16.0. The first kappa shape index (κ1) is 34.2. The number of aromatic nitrogens is 4. The van der Waals surface area contributed by atoms with Gasteiger partial charge in [-0.1, -0.05) is 48.0 Å². The molecule has 1 saturated heterocycles. The summed E-state index contributed by atoms with van der Waals surface area (Å²) in [6, 6.07) is 15.7. The van der Waals surface area contributed by atoms with Crippen molar-refractivity contribution >= 4 is 34.0 Å². The number of anilines is 2. The Morgan fingerprint density at radius 1 is 0.980 bits per heavy atom. The highest BCUT2D eigenvalue weighted by atomic mass is 35.5. The second-order valence-electron chi connectivity index (χ2n) is 11.9. The smallest absolute Gasteiger partial charge is 0.433 e. The highest BCUT2D eigenvalue weighted by Crippen LogP contribution is 2.40. The van der Waals surface area contributed by atoms with E-state index in [2.05, 4.69) is 15.6 Å². The summed E-state index contributed by atoms with van der Waals surface area (Å²) in [6.45, 7) is 3.85. The van der Waals surface area contributed by atoms with E-state index in [1.807, 2.05) is 36.4 Å². The minimum atomic E-state index is -4.83. The Balaban J connectivity index is 1.37. The molecule has 0 atom stereocenters. The Morgan fingerprint density at radius 3 is 2.39 bits per heavy atom. The molecule has 0 saturated carbocycles. The molecule has 1 aliphatic heterocycles. The van der Waals surface area contributed by atoms with Gasteiger partial charge in [0.05, 0.1) is 23.3 Å². The molecule has 1 aliphatic rings. The zero-order valence-electron chi connectivity index (χ0n) is 27.2. The van der Waals surface area contributed by atoms with E-state index in [9.17, 15) is 22.8 Å². The maximum atomic E-state index is 13.9. The highest BCUT2D eigenvalue weighted by molar-refractivity contribution is 6.36. The molecule has 1 fully saturated rings. The number of rotatable bonds is 8. The first-order valence-electron chi connectivity index (χ1n) is 15.6. The largest absolute Gasteiger partial charge is 0.481 e. The van der Waals surface area contributed by atoms with Crippen molar-refractivity contribution in [3.63, 3.8) is 0 Å². The third-order valence-corrected chi connectivity index (χ3v) is 9.24. The summed E-state index contributed by atoms with van der Waals surface area (Å²) in [6.07, 6.45) is -2.94. The molecular formula is C35H34ClF3N6O4. The van der Waals surface area contributed by atoms with Crippen LogP contribution < -0.4 is 26.6 Å². The summed E-state index contributed by atoms with van der Waals surface area (Å²) in [5.41, 5.74) is 1.57. The quantitative estimate of drug-likeness (QED) is 0.193. The molecule has 6 rings (SSSR count). The van der Waals surface area contributed by atoms with E-state index in [0.717, 1.165) is 40.8 Å². The fourth-order valence-corrected chi connectivity index (χ4v) is 6.36. The van der Waals surface area contributed by atoms with Crippen LogP contribution >= 0.6 is 11.6 Å². The fourth-order valence-electron chi connectivity index (χ4n) is 6.04. The Labute approximate surface area is 284 Å². The molecule has 256 valence electrons. The number of fused-ring (bicyclic) bond motifs is 1. The normalized spacial score (nSPS) is 14.0. The van der Waals surface area contributed by atoms with Crippen molar-refractivity contribution in [1.29, 1.82) is 0 Å². The Bertz CT molecular complexity index is 2180. The number of ether oxygens (including phenoxy) is 2. The van der Waals surface area contributed by atoms with Gasteiger partial charge in [0.25, 0.3) is 5.56 Å². The molecule has 10 nitrogen and oxygen atoms in total. The Hall–Kier alpha value is -4.72. The Kier molecular flexibility index (Phi) is 9.52. The van der Waals surface area contributed by atoms with Crippen LogP contribution in [-0.2, 0) is 31.6 Å². The fraction of sp³-hybridized carbons (Fsp3) is 0.314. The molecule has 0 amide bonds. The van der Waals surface area contributed by atoms with E-state index in [4.69, 9.17) is 26.1 Å². The molecule has 14 heteroatoms. The van der Waals surface area contributed by atoms with Gasteiger partial charge in [-0.3, -0.25) is 13.9 Å². The van der Waals surface area contributed by atoms with Gasteiger partial charge in [-0.15, -0.1) is 0 Å². The monoisotopic (exact) mass is 694 g/mol. The van der Waals surface area contributed by atoms with Crippen LogP contribution in [0.25, 0.3) is 33.3 Å². The van der Waals surface area contributed by atoms with Gasteiger partial charge in [0.15, 0.2) is 0 Å². The summed E-state index contributed by atoms with van der Waals surface area (Å²) in [7, 11) is 4.13. The molecule has 0 radical (unpaired) electrons. The van der Waals surface area contributed by atoms with E-state index in [1.54, 1.807) is 26.2 Å². The van der Waals surface area contributed by atoms with Crippen molar-refractivity contribution < 1.29 is 22.6 Å². The molecular weight excluding hydrogens is 661 g/mol. The van der Waals surface area contributed by atoms with Gasteiger partial charge in [-0.2, -0.15) is 13.2 Å². The molecule has 4 heterocycles. The summed E-state index contributed by atoms with van der Waals surface area (Å²) in [5.74, 6) is 0.147. The van der Waals surface area contributed by atoms with Crippen LogP contribution in [0.2, 0.25) is 5.02 Å². The maximum Gasteiger partial charge on any atom is 0.433 e. The molecule has 0 spiro atoms. The lowest BCUT2D eigenvalue weighted by Gasteiger charge is -2.23. The minimum Gasteiger partial charge on any atom is -0.481 e. The van der Waals surface area contributed by atoms with Crippen LogP contribution in [0, 0.1) is 6.92 Å². The number of pyridine rings is 2. The number of methoxy groups -OCH3 is 1. The van der Waals surface area contributed by atoms with Crippen LogP contribution in [0.15, 0.2) is 64.2 Å². The standard InChI is InChI=1S/C35H34ClF3N6O4/c1-19-22(7-6-10-25(19)41-31-29-27(17-28(43-31)35(37,38)39)44(2)34(47)45(3)33(29)46)23-8-5-9-24(30(23)36)26-12-11-20(32(42-26)48-4)18-40-21-13-15-49-16-14-21/h5-12,17,21,40H,13-16,18H2,1-4H3,(H,41,43). The van der Waals surface area contributed by atoms with Crippen LogP contribution in [0.5, 0.6) is 5.88 Å². The molecule has 2 N–H and O–H groups in total. The number of benzene rings is 2. The van der Waals surface area contributed by atoms with Crippen molar-refractivity contribution in [3.8, 4) is 28.3 Å². The van der Waals surface area contributed by atoms with E-state index >= 15 is 0 Å². The molecule has 2 aromatic carbocycles. The number of hydrogen-bond donors (Lipinski definition) is 2. The summed E-state index contributed by atoms with van der Waals surface area (Å²) < 4.78 is 54.7. The molecule has 0 unspecified atom stereocenters. The zero-order chi connectivity index (χ0) is 35.0. The van der Waals surface area contributed by atoms with Crippen molar-refractivity contribution in [1.82, 2.24) is 24.4 Å². The average molecular weight is 695 g/mol. The number of alkyl halides is 3. The molecule has 0 aliphatic carbocycles. The van der Waals surface area contributed by atoms with E-state index < -0.39 is 23.1 Å². The van der Waals surface area contributed by atoms with Gasteiger partial charge in [0, 0.05) is 62.3 Å². The van der Waals surface area contributed by atoms with Crippen LogP contribution in [0.4, 0.5) is 24.7 Å². The Morgan fingerprint density at radius 2 is 1.67 bits per heavy atom. The third-order valence-electron chi connectivity index (χ3n) is 8.83. The first-order chi connectivity index (χ1) is 23.4. The van der Waals surface area contributed by atoms with Gasteiger partial charge >= 0.3 is 11.9 Å². The van der Waals surface area contributed by atoms with Crippen molar-refractivity contribution in [3.05, 3.63) is 97.3 Å². The van der Waals surface area contributed by atoms with Crippen molar-refractivity contribution in [2.45, 2.75) is 38.5 Å². The van der Waals surface area contributed by atoms with E-state index in [0.29, 0.717) is 63.2 Å². The lowest BCUT2D eigenvalue weighted by molar-refractivity contribution is -0.141. The average Bonchev–Trinajstić information content (AvgIpc) is 3.09. The second-order valence-corrected chi connectivity index (χ2v) is 12.2. The molecule has 0 bridgehead atoms.